The van der Waals surface area contributed by atoms with E-state index in [2.05, 4.69) is 15.6 Å². The van der Waals surface area contributed by atoms with Crippen LogP contribution in [0.1, 0.15) is 22.3 Å². The van der Waals surface area contributed by atoms with Crippen molar-refractivity contribution in [1.29, 1.82) is 0 Å². The number of pyridine rings is 1. The van der Waals surface area contributed by atoms with Crippen molar-refractivity contribution in [3.8, 4) is 18.1 Å². The number of terminal acetylenes is 1. The van der Waals surface area contributed by atoms with Gasteiger partial charge in [-0.15, -0.1) is 6.42 Å². The fourth-order valence-corrected chi connectivity index (χ4v) is 4.79. The van der Waals surface area contributed by atoms with Gasteiger partial charge in [-0.3, -0.25) is 0 Å². The van der Waals surface area contributed by atoms with E-state index >= 15 is 0 Å². The van der Waals surface area contributed by atoms with E-state index in [1.54, 1.807) is 6.07 Å². The molecule has 0 bridgehead atoms. The van der Waals surface area contributed by atoms with E-state index in [-0.39, 0.29) is 21.4 Å². The lowest BCUT2D eigenvalue weighted by Gasteiger charge is -2.34. The van der Waals surface area contributed by atoms with Crippen molar-refractivity contribution in [2.45, 2.75) is 23.8 Å². The highest BCUT2D eigenvalue weighted by molar-refractivity contribution is 7.92. The fourth-order valence-electron chi connectivity index (χ4n) is 2.95. The van der Waals surface area contributed by atoms with Gasteiger partial charge in [0.1, 0.15) is 22.5 Å². The Morgan fingerprint density at radius 1 is 1.44 bits per heavy atom. The first-order valence-electron chi connectivity index (χ1n) is 7.86. The Labute approximate surface area is 161 Å². The number of halogens is 1. The Morgan fingerprint density at radius 2 is 2.19 bits per heavy atom. The largest absolute Gasteiger partial charge is 0.507 e. The molecule has 1 aliphatic rings. The maximum atomic E-state index is 13.3. The second-order valence-corrected chi connectivity index (χ2v) is 8.03. The second kappa shape index (κ2) is 7.10. The lowest BCUT2D eigenvalue weighted by atomic mass is 10.0. The smallest absolute Gasteiger partial charge is 0.341 e. The summed E-state index contributed by atoms with van der Waals surface area (Å²) < 4.78 is 32.3. The molecule has 1 aromatic heterocycles. The number of aryl methyl sites for hydroxylation is 1. The molecule has 0 fully saturated rings. The van der Waals surface area contributed by atoms with Gasteiger partial charge in [0, 0.05) is 0 Å². The summed E-state index contributed by atoms with van der Waals surface area (Å²) in [7, 11) is -3.01. The molecule has 1 atom stereocenters. The molecule has 9 heteroatoms. The molecule has 0 saturated heterocycles. The monoisotopic (exact) mass is 406 g/mol. The highest BCUT2D eigenvalue weighted by Gasteiger charge is 2.36. The Kier molecular flexibility index (Phi) is 5.00. The molecule has 27 heavy (non-hydrogen) atoms. The van der Waals surface area contributed by atoms with Crippen LogP contribution in [-0.4, -0.2) is 37.6 Å². The van der Waals surface area contributed by atoms with Crippen LogP contribution >= 0.6 is 11.6 Å². The van der Waals surface area contributed by atoms with Crippen molar-refractivity contribution in [2.24, 2.45) is 0 Å². The third-order valence-corrected chi connectivity index (χ3v) is 6.29. The van der Waals surface area contributed by atoms with Crippen LogP contribution in [0.2, 0.25) is 5.15 Å². The molecule has 1 aromatic carbocycles. The summed E-state index contributed by atoms with van der Waals surface area (Å²) in [5.41, 5.74) is 0.778. The summed E-state index contributed by atoms with van der Waals surface area (Å²) in [6.45, 7) is 0. The summed E-state index contributed by atoms with van der Waals surface area (Å²) >= 11 is 5.92. The van der Waals surface area contributed by atoms with Crippen molar-refractivity contribution in [1.82, 2.24) is 4.98 Å². The van der Waals surface area contributed by atoms with Crippen LogP contribution in [-0.2, 0) is 21.2 Å². The van der Waals surface area contributed by atoms with Crippen LogP contribution in [0.25, 0.3) is 0 Å². The topological polar surface area (TPSA) is 96.8 Å². The van der Waals surface area contributed by atoms with Crippen LogP contribution in [0.3, 0.4) is 0 Å². The number of anilines is 1. The number of benzene rings is 1. The van der Waals surface area contributed by atoms with E-state index < -0.39 is 22.0 Å². The average molecular weight is 407 g/mol. The van der Waals surface area contributed by atoms with Crippen molar-refractivity contribution in [3.63, 3.8) is 0 Å². The normalized spacial score (nSPS) is 16.3. The summed E-state index contributed by atoms with van der Waals surface area (Å²) in [6, 6.07) is 4.25. The highest BCUT2D eigenvalue weighted by Crippen LogP contribution is 2.36. The number of esters is 1. The van der Waals surface area contributed by atoms with Gasteiger partial charge in [0.2, 0.25) is 0 Å². The van der Waals surface area contributed by atoms with E-state index in [0.717, 1.165) is 23.5 Å². The predicted molar refractivity (Wildman–Crippen MR) is 99.3 cm³/mol. The zero-order chi connectivity index (χ0) is 19.8. The number of phenolic OH excluding ortho intramolecular Hbond substituents is 1. The Balaban J connectivity index is 2.17. The van der Waals surface area contributed by atoms with Gasteiger partial charge in [0.15, 0.2) is 0 Å². The Morgan fingerprint density at radius 3 is 2.85 bits per heavy atom. The number of nitrogens with zero attached hydrogens (tertiary/aromatic N) is 2. The van der Waals surface area contributed by atoms with Gasteiger partial charge in [0.25, 0.3) is 10.0 Å². The minimum Gasteiger partial charge on any atom is -0.507 e. The van der Waals surface area contributed by atoms with Crippen LogP contribution < -0.4 is 4.31 Å². The summed E-state index contributed by atoms with van der Waals surface area (Å²) in [5.74, 6) is 1.25. The molecule has 2 aromatic rings. The molecule has 0 spiro atoms. The van der Waals surface area contributed by atoms with Gasteiger partial charge in [0.05, 0.1) is 23.9 Å². The quantitative estimate of drug-likeness (QED) is 0.477. The zero-order valence-electron chi connectivity index (χ0n) is 14.2. The molecular formula is C18H15ClN2O5S. The average Bonchev–Trinajstić information content (AvgIpc) is 2.66. The van der Waals surface area contributed by atoms with Gasteiger partial charge in [-0.05, 0) is 42.7 Å². The standard InChI is InChI=1S/C18H15ClN2O5S/c1-3-12-5-4-11-8-17(19)20-10-15(11)21(12)27(24,25)13-6-7-16(22)14(9-13)18(23)26-2/h1,6-10,12,22H,4-5H2,2H3/t12-/m0/s1. The number of ether oxygens (including phenoxy) is 1. The van der Waals surface area contributed by atoms with E-state index in [1.165, 1.54) is 12.3 Å². The number of sulfonamides is 1. The van der Waals surface area contributed by atoms with E-state index in [4.69, 9.17) is 18.0 Å². The number of rotatable bonds is 3. The maximum absolute atomic E-state index is 13.3. The summed E-state index contributed by atoms with van der Waals surface area (Å²) in [6.07, 6.45) is 7.89. The number of fused-ring (bicyclic) bond motifs is 1. The number of methoxy groups -OCH3 is 1. The first-order valence-corrected chi connectivity index (χ1v) is 9.67. The number of carbonyl (C=O) groups excluding carboxylic acids is 1. The summed E-state index contributed by atoms with van der Waals surface area (Å²) in [4.78, 5) is 15.6. The van der Waals surface area contributed by atoms with Crippen LogP contribution in [0.5, 0.6) is 5.75 Å². The molecule has 0 radical (unpaired) electrons. The molecule has 7 nitrogen and oxygen atoms in total. The third-order valence-electron chi connectivity index (χ3n) is 4.26. The Hall–Kier alpha value is -2.76. The van der Waals surface area contributed by atoms with Gasteiger partial charge >= 0.3 is 5.97 Å². The van der Waals surface area contributed by atoms with E-state index in [0.29, 0.717) is 24.1 Å². The number of carbonyl (C=O) groups is 1. The number of hydrogen-bond acceptors (Lipinski definition) is 6. The predicted octanol–water partition coefficient (Wildman–Crippen LogP) is 2.37. The third kappa shape index (κ3) is 3.31. The summed E-state index contributed by atoms with van der Waals surface area (Å²) in [5, 5.41) is 10.1. The van der Waals surface area contributed by atoms with Gasteiger partial charge in [-0.25, -0.2) is 22.5 Å². The molecule has 1 N–H and O–H groups in total. The molecular weight excluding hydrogens is 392 g/mol. The fraction of sp³-hybridized carbons (Fsp3) is 0.222. The van der Waals surface area contributed by atoms with Crippen LogP contribution in [0, 0.1) is 12.3 Å². The van der Waals surface area contributed by atoms with Crippen LogP contribution in [0.4, 0.5) is 5.69 Å². The lowest BCUT2D eigenvalue weighted by molar-refractivity contribution is 0.0597. The minimum absolute atomic E-state index is 0.205. The number of aromatic hydroxyl groups is 1. The van der Waals surface area contributed by atoms with Crippen molar-refractivity contribution < 1.29 is 23.1 Å². The number of hydrogen-bond donors (Lipinski definition) is 1. The first kappa shape index (κ1) is 19.0. The van der Waals surface area contributed by atoms with Crippen molar-refractivity contribution >= 4 is 33.3 Å². The van der Waals surface area contributed by atoms with Gasteiger partial charge in [-0.1, -0.05) is 17.5 Å². The molecule has 2 heterocycles. The molecule has 0 amide bonds. The number of phenols is 1. The highest BCUT2D eigenvalue weighted by atomic mass is 35.5. The van der Waals surface area contributed by atoms with E-state index in [1.807, 2.05) is 0 Å². The number of aromatic nitrogens is 1. The Bertz CT molecular complexity index is 1060. The molecule has 0 aliphatic carbocycles. The molecule has 0 unspecified atom stereocenters. The first-order chi connectivity index (χ1) is 12.8. The molecule has 140 valence electrons. The molecule has 0 saturated carbocycles. The molecule has 1 aliphatic heterocycles. The second-order valence-electron chi connectivity index (χ2n) is 5.83. The zero-order valence-corrected chi connectivity index (χ0v) is 15.8. The van der Waals surface area contributed by atoms with E-state index in [9.17, 15) is 18.3 Å². The van der Waals surface area contributed by atoms with Crippen molar-refractivity contribution in [3.05, 3.63) is 46.7 Å². The van der Waals surface area contributed by atoms with Gasteiger partial charge < -0.3 is 9.84 Å². The SMILES string of the molecule is C#C[C@H]1CCc2cc(Cl)ncc2N1S(=O)(=O)c1ccc(O)c(C(=O)OC)c1. The van der Waals surface area contributed by atoms with Gasteiger partial charge in [-0.2, -0.15) is 0 Å². The van der Waals surface area contributed by atoms with Crippen LogP contribution in [0.15, 0.2) is 35.4 Å². The maximum Gasteiger partial charge on any atom is 0.341 e. The van der Waals surface area contributed by atoms with Crippen molar-refractivity contribution in [2.75, 3.05) is 11.4 Å². The minimum atomic E-state index is -4.14. The molecule has 3 rings (SSSR count). The lowest BCUT2D eigenvalue weighted by Crippen LogP contribution is -2.43.